The van der Waals surface area contributed by atoms with Crippen molar-refractivity contribution in [3.8, 4) is 0 Å². The number of carbonyl (C=O) groups is 2. The molecule has 0 aromatic heterocycles. The largest absolute Gasteiger partial charge is 0.355 e. The van der Waals surface area contributed by atoms with Crippen LogP contribution in [0.25, 0.3) is 0 Å². The van der Waals surface area contributed by atoms with E-state index < -0.39 is 5.41 Å². The van der Waals surface area contributed by atoms with Crippen LogP contribution in [0.15, 0.2) is 24.3 Å². The number of halogens is 1. The van der Waals surface area contributed by atoms with Crippen LogP contribution in [-0.4, -0.2) is 24.4 Å². The fourth-order valence-corrected chi connectivity index (χ4v) is 2.26. The third-order valence-corrected chi connectivity index (χ3v) is 3.68. The van der Waals surface area contributed by atoms with E-state index in [1.165, 1.54) is 6.07 Å². The molecule has 0 saturated heterocycles. The van der Waals surface area contributed by atoms with Gasteiger partial charge in [-0.2, -0.15) is 0 Å². The second-order valence-electron chi connectivity index (χ2n) is 5.81. The lowest BCUT2D eigenvalue weighted by molar-refractivity contribution is -0.137. The Bertz CT molecular complexity index is 539. The highest BCUT2D eigenvalue weighted by Crippen LogP contribution is 2.46. The molecule has 21 heavy (non-hydrogen) atoms. The third-order valence-electron chi connectivity index (χ3n) is 3.68. The van der Waals surface area contributed by atoms with E-state index >= 15 is 0 Å². The van der Waals surface area contributed by atoms with Gasteiger partial charge >= 0.3 is 0 Å². The Labute approximate surface area is 124 Å². The first-order chi connectivity index (χ1) is 9.95. The molecule has 0 unspecified atom stereocenters. The van der Waals surface area contributed by atoms with Gasteiger partial charge in [0.2, 0.25) is 11.8 Å². The van der Waals surface area contributed by atoms with Crippen LogP contribution in [0.2, 0.25) is 0 Å². The summed E-state index contributed by atoms with van der Waals surface area (Å²) in [7, 11) is 0. The molecular weight excluding hydrogens is 271 g/mol. The number of benzene rings is 1. The maximum absolute atomic E-state index is 13.5. The van der Waals surface area contributed by atoms with Crippen LogP contribution in [0.5, 0.6) is 0 Å². The van der Waals surface area contributed by atoms with Gasteiger partial charge in [-0.3, -0.25) is 9.59 Å². The van der Waals surface area contributed by atoms with E-state index in [9.17, 15) is 14.0 Å². The summed E-state index contributed by atoms with van der Waals surface area (Å²) >= 11 is 0. The standard InChI is InChI=1S/C16H21FN2O2/c1-11(2)19-15(21)16(8-9-16)14(20)18-10-7-12-5-3-4-6-13(12)17/h3-6,11H,7-10H2,1-2H3,(H,18,20)(H,19,21). The summed E-state index contributed by atoms with van der Waals surface area (Å²) in [6.45, 7) is 4.06. The molecule has 0 spiro atoms. The molecule has 2 rings (SSSR count). The molecular formula is C16H21FN2O2. The van der Waals surface area contributed by atoms with Crippen LogP contribution in [-0.2, 0) is 16.0 Å². The third kappa shape index (κ3) is 3.60. The van der Waals surface area contributed by atoms with E-state index in [-0.39, 0.29) is 23.7 Å². The first kappa shape index (κ1) is 15.5. The van der Waals surface area contributed by atoms with Gasteiger partial charge in [0.05, 0.1) is 0 Å². The van der Waals surface area contributed by atoms with Crippen molar-refractivity contribution >= 4 is 11.8 Å². The fraction of sp³-hybridized carbons (Fsp3) is 0.500. The van der Waals surface area contributed by atoms with Crippen LogP contribution in [0, 0.1) is 11.2 Å². The molecule has 0 aliphatic heterocycles. The Morgan fingerprint density at radius 2 is 1.90 bits per heavy atom. The van der Waals surface area contributed by atoms with Crippen molar-refractivity contribution in [2.24, 2.45) is 5.41 Å². The normalized spacial score (nSPS) is 15.6. The predicted molar refractivity (Wildman–Crippen MR) is 78.1 cm³/mol. The van der Waals surface area contributed by atoms with Crippen molar-refractivity contribution in [2.45, 2.75) is 39.2 Å². The van der Waals surface area contributed by atoms with Crippen LogP contribution in [0.1, 0.15) is 32.3 Å². The maximum atomic E-state index is 13.5. The summed E-state index contributed by atoms with van der Waals surface area (Å²) in [6, 6.07) is 6.50. The van der Waals surface area contributed by atoms with Crippen LogP contribution < -0.4 is 10.6 Å². The number of hydrogen-bond acceptors (Lipinski definition) is 2. The zero-order valence-electron chi connectivity index (χ0n) is 12.4. The van der Waals surface area contributed by atoms with Crippen molar-refractivity contribution < 1.29 is 14.0 Å². The Hall–Kier alpha value is -1.91. The zero-order chi connectivity index (χ0) is 15.5. The molecule has 1 aliphatic carbocycles. The molecule has 0 radical (unpaired) electrons. The minimum atomic E-state index is -0.903. The van der Waals surface area contributed by atoms with Gasteiger partial charge in [-0.25, -0.2) is 4.39 Å². The molecule has 1 fully saturated rings. The van der Waals surface area contributed by atoms with Gasteiger partial charge in [0.1, 0.15) is 11.2 Å². The van der Waals surface area contributed by atoms with E-state index in [1.54, 1.807) is 18.2 Å². The van der Waals surface area contributed by atoms with Crippen LogP contribution in [0.4, 0.5) is 4.39 Å². The lowest BCUT2D eigenvalue weighted by atomic mass is 10.0. The number of rotatable bonds is 6. The molecule has 1 saturated carbocycles. The minimum absolute atomic E-state index is 0.0150. The summed E-state index contributed by atoms with van der Waals surface area (Å²) in [6.07, 6.45) is 1.58. The monoisotopic (exact) mass is 292 g/mol. The second-order valence-corrected chi connectivity index (χ2v) is 5.81. The summed E-state index contributed by atoms with van der Waals surface area (Å²) in [4.78, 5) is 24.2. The smallest absolute Gasteiger partial charge is 0.235 e. The first-order valence-corrected chi connectivity index (χ1v) is 7.28. The highest BCUT2D eigenvalue weighted by molar-refractivity contribution is 6.07. The van der Waals surface area contributed by atoms with Crippen molar-refractivity contribution in [1.82, 2.24) is 10.6 Å². The summed E-state index contributed by atoms with van der Waals surface area (Å²) < 4.78 is 13.5. The SMILES string of the molecule is CC(C)NC(=O)C1(C(=O)NCCc2ccccc2F)CC1. The number of carbonyl (C=O) groups excluding carboxylic acids is 2. The molecule has 114 valence electrons. The molecule has 4 nitrogen and oxygen atoms in total. The minimum Gasteiger partial charge on any atom is -0.355 e. The van der Waals surface area contributed by atoms with Gasteiger partial charge in [-0.15, -0.1) is 0 Å². The Kier molecular flexibility index (Phi) is 4.60. The molecule has 1 aromatic rings. The molecule has 0 atom stereocenters. The zero-order valence-corrected chi connectivity index (χ0v) is 12.4. The Morgan fingerprint density at radius 1 is 1.24 bits per heavy atom. The van der Waals surface area contributed by atoms with Crippen molar-refractivity contribution in [3.63, 3.8) is 0 Å². The van der Waals surface area contributed by atoms with Crippen molar-refractivity contribution in [1.29, 1.82) is 0 Å². The average Bonchev–Trinajstić information content (AvgIpc) is 3.21. The fourth-order valence-electron chi connectivity index (χ4n) is 2.26. The second kappa shape index (κ2) is 6.24. The average molecular weight is 292 g/mol. The van der Waals surface area contributed by atoms with Gasteiger partial charge < -0.3 is 10.6 Å². The van der Waals surface area contributed by atoms with Gasteiger partial charge in [0.15, 0.2) is 0 Å². The molecule has 1 aromatic carbocycles. The number of nitrogens with one attached hydrogen (secondary N) is 2. The Morgan fingerprint density at radius 3 is 2.48 bits per heavy atom. The summed E-state index contributed by atoms with van der Waals surface area (Å²) in [5.74, 6) is -0.733. The topological polar surface area (TPSA) is 58.2 Å². The Balaban J connectivity index is 1.85. The number of hydrogen-bond donors (Lipinski definition) is 2. The molecule has 1 aliphatic rings. The van der Waals surface area contributed by atoms with Gasteiger partial charge in [-0.1, -0.05) is 18.2 Å². The van der Waals surface area contributed by atoms with E-state index in [2.05, 4.69) is 10.6 Å². The summed E-state index contributed by atoms with van der Waals surface area (Å²) in [5, 5.41) is 5.53. The molecule has 0 bridgehead atoms. The quantitative estimate of drug-likeness (QED) is 0.785. The van der Waals surface area contributed by atoms with E-state index in [0.29, 0.717) is 31.4 Å². The van der Waals surface area contributed by atoms with E-state index in [4.69, 9.17) is 0 Å². The number of amides is 2. The van der Waals surface area contributed by atoms with Crippen LogP contribution >= 0.6 is 0 Å². The molecule has 2 amide bonds. The molecule has 5 heteroatoms. The predicted octanol–water partition coefficient (Wildman–Crippen LogP) is 1.79. The van der Waals surface area contributed by atoms with Gasteiger partial charge in [-0.05, 0) is 44.7 Å². The molecule has 0 heterocycles. The summed E-state index contributed by atoms with van der Waals surface area (Å²) in [5.41, 5.74) is -0.339. The van der Waals surface area contributed by atoms with Crippen LogP contribution in [0.3, 0.4) is 0 Å². The van der Waals surface area contributed by atoms with Gasteiger partial charge in [0, 0.05) is 12.6 Å². The lowest BCUT2D eigenvalue weighted by Crippen LogP contribution is -2.45. The lowest BCUT2D eigenvalue weighted by Gasteiger charge is -2.17. The van der Waals surface area contributed by atoms with E-state index in [1.807, 2.05) is 13.8 Å². The highest BCUT2D eigenvalue weighted by Gasteiger charge is 2.56. The maximum Gasteiger partial charge on any atom is 0.235 e. The van der Waals surface area contributed by atoms with Crippen molar-refractivity contribution in [3.05, 3.63) is 35.6 Å². The molecule has 2 N–H and O–H groups in total. The van der Waals surface area contributed by atoms with Crippen molar-refractivity contribution in [2.75, 3.05) is 6.54 Å². The van der Waals surface area contributed by atoms with Gasteiger partial charge in [0.25, 0.3) is 0 Å². The van der Waals surface area contributed by atoms with E-state index in [0.717, 1.165) is 0 Å². The highest BCUT2D eigenvalue weighted by atomic mass is 19.1. The first-order valence-electron chi connectivity index (χ1n) is 7.28.